The van der Waals surface area contributed by atoms with Crippen molar-refractivity contribution in [2.45, 2.75) is 27.7 Å². The van der Waals surface area contributed by atoms with E-state index < -0.39 is 0 Å². The number of benzene rings is 1. The minimum Gasteiger partial charge on any atom is -0.462 e. The second kappa shape index (κ2) is 6.54. The Bertz CT molecular complexity index is 929. The zero-order valence-electron chi connectivity index (χ0n) is 14.1. The molecule has 0 unspecified atom stereocenters. The van der Waals surface area contributed by atoms with Crippen molar-refractivity contribution in [1.29, 1.82) is 0 Å². The number of pyridine rings is 1. The Kier molecular flexibility index (Phi) is 4.61. The molecule has 0 N–H and O–H groups in total. The number of rotatable bonds is 3. The lowest BCUT2D eigenvalue weighted by Crippen LogP contribution is -2.10. The van der Waals surface area contributed by atoms with E-state index in [1.54, 1.807) is 18.3 Å². The number of aromatic nitrogens is 1. The van der Waals surface area contributed by atoms with E-state index in [-0.39, 0.29) is 5.97 Å². The van der Waals surface area contributed by atoms with Gasteiger partial charge in [0, 0.05) is 20.8 Å². The normalized spacial score (nSPS) is 11.0. The number of aryl methyl sites for hydroxylation is 3. The number of carbonyl (C=O) groups excluding carboxylic acids is 1. The number of hydrogen-bond donors (Lipinski definition) is 0. The number of esters is 1. The number of nitrogens with zero attached hydrogens (tertiary/aromatic N) is 1. The number of fused-ring (bicyclic) bond motifs is 1. The summed E-state index contributed by atoms with van der Waals surface area (Å²) in [4.78, 5) is 19.4. The van der Waals surface area contributed by atoms with Crippen molar-refractivity contribution in [2.75, 3.05) is 6.61 Å². The monoisotopic (exact) mass is 359 g/mol. The number of halogens is 1. The summed E-state index contributed by atoms with van der Waals surface area (Å²) in [7, 11) is 0. The van der Waals surface area contributed by atoms with Crippen LogP contribution in [0.15, 0.2) is 24.3 Å². The third kappa shape index (κ3) is 2.80. The fourth-order valence-corrected chi connectivity index (χ4v) is 4.07. The van der Waals surface area contributed by atoms with Crippen LogP contribution in [0.4, 0.5) is 0 Å². The molecule has 1 aromatic carbocycles. The molecule has 0 aliphatic rings. The van der Waals surface area contributed by atoms with Crippen LogP contribution in [0.1, 0.15) is 33.4 Å². The Morgan fingerprint density at radius 2 is 1.88 bits per heavy atom. The van der Waals surface area contributed by atoms with E-state index in [1.807, 2.05) is 31.2 Å². The topological polar surface area (TPSA) is 39.2 Å². The number of carbonyl (C=O) groups is 1. The smallest absolute Gasteiger partial charge is 0.340 e. The van der Waals surface area contributed by atoms with Crippen LogP contribution in [0.25, 0.3) is 21.3 Å². The van der Waals surface area contributed by atoms with E-state index >= 15 is 0 Å². The standard InChI is InChI=1S/C19H18ClNO2S/c1-5-23-19(22)16-11(3)21-18-15(10(2)12(4)24-18)17(16)13-6-8-14(20)9-7-13/h6-9H,5H2,1-4H3. The van der Waals surface area contributed by atoms with Crippen molar-refractivity contribution in [3.8, 4) is 11.1 Å². The highest BCUT2D eigenvalue weighted by molar-refractivity contribution is 7.18. The molecule has 3 nitrogen and oxygen atoms in total. The lowest BCUT2D eigenvalue weighted by atomic mass is 9.94. The molecular formula is C19H18ClNO2S. The van der Waals surface area contributed by atoms with Gasteiger partial charge in [0.2, 0.25) is 0 Å². The van der Waals surface area contributed by atoms with Crippen LogP contribution < -0.4 is 0 Å². The molecule has 0 amide bonds. The van der Waals surface area contributed by atoms with Crippen LogP contribution in [0, 0.1) is 20.8 Å². The quantitative estimate of drug-likeness (QED) is 0.561. The molecule has 0 aliphatic carbocycles. The highest BCUT2D eigenvalue weighted by Gasteiger charge is 2.24. The highest BCUT2D eigenvalue weighted by Crippen LogP contribution is 2.40. The first-order valence-electron chi connectivity index (χ1n) is 7.77. The maximum absolute atomic E-state index is 12.6. The van der Waals surface area contributed by atoms with Gasteiger partial charge in [0.1, 0.15) is 4.83 Å². The molecule has 0 radical (unpaired) electrons. The number of thiophene rings is 1. The summed E-state index contributed by atoms with van der Waals surface area (Å²) < 4.78 is 5.29. The van der Waals surface area contributed by atoms with Gasteiger partial charge in [-0.25, -0.2) is 9.78 Å². The predicted octanol–water partition coefficient (Wildman–Crippen LogP) is 5.72. The molecule has 2 aromatic heterocycles. The van der Waals surface area contributed by atoms with Crippen LogP contribution in [-0.4, -0.2) is 17.6 Å². The molecular weight excluding hydrogens is 342 g/mol. The van der Waals surface area contributed by atoms with Crippen LogP contribution in [0.3, 0.4) is 0 Å². The van der Waals surface area contributed by atoms with Gasteiger partial charge in [0.15, 0.2) is 0 Å². The molecule has 5 heteroatoms. The Labute approximate surface area is 150 Å². The van der Waals surface area contributed by atoms with Gasteiger partial charge in [0.25, 0.3) is 0 Å². The second-order valence-corrected chi connectivity index (χ2v) is 7.28. The molecule has 0 aliphatic heterocycles. The van der Waals surface area contributed by atoms with Gasteiger partial charge < -0.3 is 4.74 Å². The zero-order chi connectivity index (χ0) is 17.4. The van der Waals surface area contributed by atoms with E-state index in [1.165, 1.54) is 4.88 Å². The minimum absolute atomic E-state index is 0.331. The van der Waals surface area contributed by atoms with Crippen molar-refractivity contribution >= 4 is 39.1 Å². The SMILES string of the molecule is CCOC(=O)c1c(C)nc2sc(C)c(C)c2c1-c1ccc(Cl)cc1. The van der Waals surface area contributed by atoms with Gasteiger partial charge in [-0.15, -0.1) is 11.3 Å². The van der Waals surface area contributed by atoms with Crippen molar-refractivity contribution in [1.82, 2.24) is 4.98 Å². The minimum atomic E-state index is -0.336. The Hall–Kier alpha value is -1.91. The van der Waals surface area contributed by atoms with Gasteiger partial charge in [-0.2, -0.15) is 0 Å². The molecule has 0 fully saturated rings. The summed E-state index contributed by atoms with van der Waals surface area (Å²) in [5.41, 5.74) is 4.20. The van der Waals surface area contributed by atoms with E-state index in [0.717, 1.165) is 26.9 Å². The van der Waals surface area contributed by atoms with E-state index in [2.05, 4.69) is 18.8 Å². The largest absolute Gasteiger partial charge is 0.462 e. The highest BCUT2D eigenvalue weighted by atomic mass is 35.5. The summed E-state index contributed by atoms with van der Waals surface area (Å²) in [5.74, 6) is -0.336. The van der Waals surface area contributed by atoms with Crippen molar-refractivity contribution in [3.05, 3.63) is 51.0 Å². The molecule has 124 valence electrons. The van der Waals surface area contributed by atoms with Crippen LogP contribution in [-0.2, 0) is 4.74 Å². The average Bonchev–Trinajstić information content (AvgIpc) is 2.81. The maximum Gasteiger partial charge on any atom is 0.340 e. The molecule has 0 bridgehead atoms. The molecule has 24 heavy (non-hydrogen) atoms. The van der Waals surface area contributed by atoms with Gasteiger partial charge >= 0.3 is 5.97 Å². The third-order valence-corrected chi connectivity index (χ3v) is 5.46. The lowest BCUT2D eigenvalue weighted by Gasteiger charge is -2.14. The summed E-state index contributed by atoms with van der Waals surface area (Å²) in [6.07, 6.45) is 0. The van der Waals surface area contributed by atoms with Crippen molar-refractivity contribution in [2.24, 2.45) is 0 Å². The Morgan fingerprint density at radius 1 is 1.21 bits per heavy atom. The summed E-state index contributed by atoms with van der Waals surface area (Å²) >= 11 is 7.68. The van der Waals surface area contributed by atoms with E-state index in [0.29, 0.717) is 22.9 Å². The maximum atomic E-state index is 12.6. The third-order valence-electron chi connectivity index (χ3n) is 4.11. The first-order chi connectivity index (χ1) is 11.4. The lowest BCUT2D eigenvalue weighted by molar-refractivity contribution is 0.0526. The second-order valence-electron chi connectivity index (χ2n) is 5.64. The predicted molar refractivity (Wildman–Crippen MR) is 100 cm³/mol. The molecule has 0 atom stereocenters. The van der Waals surface area contributed by atoms with E-state index in [9.17, 15) is 4.79 Å². The van der Waals surface area contributed by atoms with Crippen molar-refractivity contribution < 1.29 is 9.53 Å². The Morgan fingerprint density at radius 3 is 2.50 bits per heavy atom. The molecule has 3 aromatic rings. The molecule has 3 rings (SSSR count). The fraction of sp³-hybridized carbons (Fsp3) is 0.263. The fourth-order valence-electron chi connectivity index (χ4n) is 2.85. The molecule has 2 heterocycles. The van der Waals surface area contributed by atoms with Gasteiger partial charge in [-0.1, -0.05) is 23.7 Å². The summed E-state index contributed by atoms with van der Waals surface area (Å²) in [5, 5.41) is 1.69. The average molecular weight is 360 g/mol. The van der Waals surface area contributed by atoms with Crippen LogP contribution in [0.2, 0.25) is 5.02 Å². The summed E-state index contributed by atoms with van der Waals surface area (Å²) in [6, 6.07) is 7.54. The number of ether oxygens (including phenoxy) is 1. The van der Waals surface area contributed by atoms with Crippen molar-refractivity contribution in [3.63, 3.8) is 0 Å². The first kappa shape index (κ1) is 16.9. The van der Waals surface area contributed by atoms with Crippen LogP contribution in [0.5, 0.6) is 0 Å². The van der Waals surface area contributed by atoms with Crippen LogP contribution >= 0.6 is 22.9 Å². The van der Waals surface area contributed by atoms with Gasteiger partial charge in [0.05, 0.1) is 17.9 Å². The van der Waals surface area contributed by atoms with E-state index in [4.69, 9.17) is 16.3 Å². The zero-order valence-corrected chi connectivity index (χ0v) is 15.6. The van der Waals surface area contributed by atoms with Gasteiger partial charge in [-0.3, -0.25) is 0 Å². The molecule has 0 spiro atoms. The Balaban J connectivity index is 2.42. The number of hydrogen-bond acceptors (Lipinski definition) is 4. The molecule has 0 saturated heterocycles. The van der Waals surface area contributed by atoms with Gasteiger partial charge in [-0.05, 0) is 51.0 Å². The molecule has 0 saturated carbocycles. The first-order valence-corrected chi connectivity index (χ1v) is 8.96. The summed E-state index contributed by atoms with van der Waals surface area (Å²) in [6.45, 7) is 8.14.